The number of rotatable bonds is 6. The van der Waals surface area contributed by atoms with Crippen molar-refractivity contribution < 1.29 is 4.79 Å². The van der Waals surface area contributed by atoms with Crippen molar-refractivity contribution >= 4 is 33.4 Å². The Kier molecular flexibility index (Phi) is 6.63. The number of amides is 1. The van der Waals surface area contributed by atoms with E-state index >= 15 is 0 Å². The van der Waals surface area contributed by atoms with Crippen LogP contribution < -0.4 is 10.9 Å². The zero-order valence-electron chi connectivity index (χ0n) is 20.5. The van der Waals surface area contributed by atoms with Crippen LogP contribution in [0.1, 0.15) is 44.1 Å². The number of likely N-dealkylation sites (tertiary alicyclic amines) is 1. The summed E-state index contributed by atoms with van der Waals surface area (Å²) in [5.74, 6) is 0.767. The van der Waals surface area contributed by atoms with E-state index in [0.29, 0.717) is 11.1 Å². The van der Waals surface area contributed by atoms with Gasteiger partial charge in [0.25, 0.3) is 5.56 Å². The molecule has 0 spiro atoms. The van der Waals surface area contributed by atoms with E-state index < -0.39 is 0 Å². The number of carbonyl (C=O) groups excluding carboxylic acids is 1. The molecule has 1 aliphatic rings. The molecular formula is C27H32N6O2. The molecular weight excluding hydrogens is 440 g/mol. The topological polar surface area (TPSA) is 85.1 Å². The van der Waals surface area contributed by atoms with E-state index in [-0.39, 0.29) is 18.0 Å². The van der Waals surface area contributed by atoms with Gasteiger partial charge in [-0.15, -0.1) is 0 Å². The third-order valence-electron chi connectivity index (χ3n) is 6.84. The number of anilines is 1. The van der Waals surface area contributed by atoms with Gasteiger partial charge in [0.2, 0.25) is 5.91 Å². The second-order valence-electron chi connectivity index (χ2n) is 9.31. The molecule has 8 heteroatoms. The standard InChI is InChI=1S/C27H32N6O2/c1-3-32-24-13-12-20(16-23(24)29-25(32)17-31-14-8-4-5-9-15-31)28-26(34)18-33-27(35)22-11-7-6-10-21(22)19(2)30-33/h6-7,10-13,16H,3-5,8-9,14-15,17-18H2,1-2H3,(H,28,34). The van der Waals surface area contributed by atoms with Crippen molar-refractivity contribution in [2.24, 2.45) is 0 Å². The summed E-state index contributed by atoms with van der Waals surface area (Å²) in [4.78, 5) is 33.0. The Morgan fingerprint density at radius 2 is 1.77 bits per heavy atom. The molecule has 2 aromatic carbocycles. The summed E-state index contributed by atoms with van der Waals surface area (Å²) in [5.41, 5.74) is 3.05. The summed E-state index contributed by atoms with van der Waals surface area (Å²) in [5, 5.41) is 8.63. The maximum Gasteiger partial charge on any atom is 0.275 e. The number of imidazole rings is 1. The first-order valence-electron chi connectivity index (χ1n) is 12.5. The first kappa shape index (κ1) is 23.2. The minimum absolute atomic E-state index is 0.147. The molecule has 1 N–H and O–H groups in total. The highest BCUT2D eigenvalue weighted by atomic mass is 16.2. The predicted octanol–water partition coefficient (Wildman–Crippen LogP) is 4.09. The highest BCUT2D eigenvalue weighted by Crippen LogP contribution is 2.23. The van der Waals surface area contributed by atoms with Crippen LogP contribution in [-0.2, 0) is 24.4 Å². The van der Waals surface area contributed by atoms with Gasteiger partial charge in [0.05, 0.1) is 28.7 Å². The fourth-order valence-electron chi connectivity index (χ4n) is 5.07. The number of hydrogen-bond acceptors (Lipinski definition) is 5. The predicted molar refractivity (Wildman–Crippen MR) is 139 cm³/mol. The molecule has 1 amide bonds. The quantitative estimate of drug-likeness (QED) is 0.457. The van der Waals surface area contributed by atoms with Crippen molar-refractivity contribution in [1.29, 1.82) is 0 Å². The zero-order valence-corrected chi connectivity index (χ0v) is 20.5. The summed E-state index contributed by atoms with van der Waals surface area (Å²) in [7, 11) is 0. The van der Waals surface area contributed by atoms with Crippen LogP contribution >= 0.6 is 0 Å². The van der Waals surface area contributed by atoms with Crippen molar-refractivity contribution in [2.45, 2.75) is 59.2 Å². The van der Waals surface area contributed by atoms with E-state index in [1.165, 1.54) is 30.4 Å². The second-order valence-corrected chi connectivity index (χ2v) is 9.31. The average Bonchev–Trinajstić information content (AvgIpc) is 2.99. The van der Waals surface area contributed by atoms with Gasteiger partial charge in [-0.25, -0.2) is 9.67 Å². The highest BCUT2D eigenvalue weighted by Gasteiger charge is 2.16. The Labute approximate surface area is 204 Å². The number of hydrogen-bond donors (Lipinski definition) is 1. The SMILES string of the molecule is CCn1c(CN2CCCCCC2)nc2cc(NC(=O)Cn3nc(C)c4ccccc4c3=O)ccc21. The molecule has 3 heterocycles. The van der Waals surface area contributed by atoms with E-state index in [0.717, 1.165) is 54.1 Å². The van der Waals surface area contributed by atoms with E-state index in [2.05, 4.69) is 26.8 Å². The molecule has 0 radical (unpaired) electrons. The lowest BCUT2D eigenvalue weighted by Gasteiger charge is -2.19. The van der Waals surface area contributed by atoms with Gasteiger partial charge in [0, 0.05) is 17.6 Å². The summed E-state index contributed by atoms with van der Waals surface area (Å²) >= 11 is 0. The Bertz CT molecular complexity index is 1430. The van der Waals surface area contributed by atoms with E-state index in [9.17, 15) is 9.59 Å². The molecule has 0 atom stereocenters. The molecule has 1 fully saturated rings. The van der Waals surface area contributed by atoms with Crippen molar-refractivity contribution in [1.82, 2.24) is 24.2 Å². The Morgan fingerprint density at radius 1 is 1.03 bits per heavy atom. The molecule has 0 bridgehead atoms. The number of carbonyl (C=O) groups is 1. The minimum atomic E-state index is -0.298. The van der Waals surface area contributed by atoms with Gasteiger partial charge in [-0.2, -0.15) is 5.10 Å². The molecule has 5 rings (SSSR count). The lowest BCUT2D eigenvalue weighted by molar-refractivity contribution is -0.117. The number of fused-ring (bicyclic) bond motifs is 2. The molecule has 2 aromatic heterocycles. The normalized spacial score (nSPS) is 14.9. The van der Waals surface area contributed by atoms with Gasteiger partial charge in [0.15, 0.2) is 0 Å². The molecule has 1 aliphatic heterocycles. The number of benzene rings is 2. The average molecular weight is 473 g/mol. The van der Waals surface area contributed by atoms with Crippen LogP contribution in [0.25, 0.3) is 21.8 Å². The van der Waals surface area contributed by atoms with Crippen LogP contribution in [0.4, 0.5) is 5.69 Å². The zero-order chi connectivity index (χ0) is 24.4. The minimum Gasteiger partial charge on any atom is -0.327 e. The van der Waals surface area contributed by atoms with Crippen LogP contribution in [0.2, 0.25) is 0 Å². The maximum atomic E-state index is 12.8. The van der Waals surface area contributed by atoms with Gasteiger partial charge in [-0.3, -0.25) is 14.5 Å². The molecule has 8 nitrogen and oxygen atoms in total. The fourth-order valence-corrected chi connectivity index (χ4v) is 5.07. The van der Waals surface area contributed by atoms with Gasteiger partial charge < -0.3 is 9.88 Å². The Hall–Kier alpha value is -3.52. The van der Waals surface area contributed by atoms with E-state index in [4.69, 9.17) is 4.98 Å². The molecule has 1 saturated heterocycles. The van der Waals surface area contributed by atoms with Crippen LogP contribution in [0.15, 0.2) is 47.3 Å². The van der Waals surface area contributed by atoms with E-state index in [1.807, 2.05) is 43.3 Å². The number of aryl methyl sites for hydroxylation is 2. The van der Waals surface area contributed by atoms with Crippen molar-refractivity contribution in [3.8, 4) is 0 Å². The number of nitrogens with one attached hydrogen (secondary N) is 1. The summed E-state index contributed by atoms with van der Waals surface area (Å²) in [6.07, 6.45) is 5.11. The van der Waals surface area contributed by atoms with Crippen LogP contribution in [0.3, 0.4) is 0 Å². The molecule has 0 aliphatic carbocycles. The fraction of sp³-hybridized carbons (Fsp3) is 0.407. The van der Waals surface area contributed by atoms with Crippen LogP contribution in [-0.4, -0.2) is 43.2 Å². The molecule has 35 heavy (non-hydrogen) atoms. The van der Waals surface area contributed by atoms with Crippen molar-refractivity contribution in [2.75, 3.05) is 18.4 Å². The lowest BCUT2D eigenvalue weighted by atomic mass is 10.1. The molecule has 4 aromatic rings. The number of aromatic nitrogens is 4. The van der Waals surface area contributed by atoms with Gasteiger partial charge in [-0.05, 0) is 64.0 Å². The Morgan fingerprint density at radius 3 is 2.51 bits per heavy atom. The van der Waals surface area contributed by atoms with Gasteiger partial charge >= 0.3 is 0 Å². The highest BCUT2D eigenvalue weighted by molar-refractivity contribution is 5.93. The lowest BCUT2D eigenvalue weighted by Crippen LogP contribution is -2.30. The summed E-state index contributed by atoms with van der Waals surface area (Å²) < 4.78 is 3.49. The van der Waals surface area contributed by atoms with Crippen LogP contribution in [0.5, 0.6) is 0 Å². The molecule has 182 valence electrons. The Balaban J connectivity index is 1.35. The van der Waals surface area contributed by atoms with Crippen molar-refractivity contribution in [3.05, 3.63) is 64.3 Å². The largest absolute Gasteiger partial charge is 0.327 e. The van der Waals surface area contributed by atoms with Crippen LogP contribution in [0, 0.1) is 6.92 Å². The first-order chi connectivity index (χ1) is 17.0. The smallest absolute Gasteiger partial charge is 0.275 e. The number of nitrogens with zero attached hydrogens (tertiary/aromatic N) is 5. The third kappa shape index (κ3) is 4.84. The second kappa shape index (κ2) is 10.00. The first-order valence-corrected chi connectivity index (χ1v) is 12.5. The monoisotopic (exact) mass is 472 g/mol. The maximum absolute atomic E-state index is 12.8. The van der Waals surface area contributed by atoms with Gasteiger partial charge in [-0.1, -0.05) is 31.0 Å². The van der Waals surface area contributed by atoms with Gasteiger partial charge in [0.1, 0.15) is 12.4 Å². The van der Waals surface area contributed by atoms with E-state index in [1.54, 1.807) is 6.07 Å². The van der Waals surface area contributed by atoms with Crippen molar-refractivity contribution in [3.63, 3.8) is 0 Å². The summed E-state index contributed by atoms with van der Waals surface area (Å²) in [6, 6.07) is 13.1. The molecule has 0 unspecified atom stereocenters. The third-order valence-corrected chi connectivity index (χ3v) is 6.84. The molecule has 0 saturated carbocycles. The summed E-state index contributed by atoms with van der Waals surface area (Å²) in [6.45, 7) is 7.77.